The van der Waals surface area contributed by atoms with Crippen LogP contribution in [0, 0.1) is 5.41 Å². The summed E-state index contributed by atoms with van der Waals surface area (Å²) in [6.07, 6.45) is 3.96. The molecule has 1 amide bonds. The Morgan fingerprint density at radius 2 is 1.53 bits per heavy atom. The first kappa shape index (κ1) is 26.9. The quantitative estimate of drug-likeness (QED) is 0.506. The van der Waals surface area contributed by atoms with Crippen LogP contribution >= 0.6 is 0 Å². The van der Waals surface area contributed by atoms with E-state index in [0.717, 1.165) is 36.9 Å². The molecule has 0 aromatic heterocycles. The van der Waals surface area contributed by atoms with Gasteiger partial charge in [-0.15, -0.1) is 0 Å². The lowest BCUT2D eigenvalue weighted by atomic mass is 9.75. The fourth-order valence-electron chi connectivity index (χ4n) is 4.40. The second kappa shape index (κ2) is 9.73. The Hall–Kier alpha value is -1.73. The van der Waals surface area contributed by atoms with Crippen molar-refractivity contribution in [2.24, 2.45) is 5.41 Å². The molecule has 34 heavy (non-hydrogen) atoms. The Bertz CT molecular complexity index is 818. The lowest BCUT2D eigenvalue weighted by Gasteiger charge is -2.40. The van der Waals surface area contributed by atoms with Gasteiger partial charge in [-0.05, 0) is 97.2 Å². The Kier molecular flexibility index (Phi) is 7.69. The summed E-state index contributed by atoms with van der Waals surface area (Å²) in [5.41, 5.74) is 0.0450. The number of hydrogen-bond donors (Lipinski definition) is 0. The average Bonchev–Trinajstić information content (AvgIpc) is 2.92. The summed E-state index contributed by atoms with van der Waals surface area (Å²) < 4.78 is 24.0. The van der Waals surface area contributed by atoms with Gasteiger partial charge in [-0.1, -0.05) is 26.0 Å². The molecule has 2 fully saturated rings. The first-order valence-electron chi connectivity index (χ1n) is 12.7. The van der Waals surface area contributed by atoms with Crippen LogP contribution in [0.5, 0.6) is 5.75 Å². The third kappa shape index (κ3) is 6.69. The standard InChI is InChI=1S/C27H44BNO5/c1-24(2,3)32-23(30)29(21-14-16-25(4,5)17-15-21)18-19-31-22-12-10-20(11-13-22)28-33-26(6,7)27(8,9)34-28/h10-13,21H,14-19H2,1-9H3. The maximum absolute atomic E-state index is 13.0. The molecule has 1 aromatic rings. The number of rotatable bonds is 6. The molecular formula is C27H44BNO5. The molecule has 1 heterocycles. The summed E-state index contributed by atoms with van der Waals surface area (Å²) in [5.74, 6) is 0.759. The van der Waals surface area contributed by atoms with Crippen molar-refractivity contribution in [3.05, 3.63) is 24.3 Å². The van der Waals surface area contributed by atoms with Gasteiger partial charge >= 0.3 is 13.2 Å². The molecule has 2 aliphatic rings. The molecule has 0 spiro atoms. The predicted octanol–water partition coefficient (Wildman–Crippen LogP) is 5.57. The van der Waals surface area contributed by atoms with Crippen molar-refractivity contribution < 1.29 is 23.6 Å². The van der Waals surface area contributed by atoms with Gasteiger partial charge in [0.1, 0.15) is 18.0 Å². The number of amides is 1. The highest BCUT2D eigenvalue weighted by Gasteiger charge is 2.51. The lowest BCUT2D eigenvalue weighted by Crippen LogP contribution is -2.47. The van der Waals surface area contributed by atoms with Crippen molar-refractivity contribution in [2.75, 3.05) is 13.2 Å². The monoisotopic (exact) mass is 473 g/mol. The molecule has 1 aliphatic carbocycles. The van der Waals surface area contributed by atoms with Crippen LogP contribution in [0.25, 0.3) is 0 Å². The number of hydrogen-bond acceptors (Lipinski definition) is 5. The Morgan fingerprint density at radius 1 is 1.00 bits per heavy atom. The third-order valence-electron chi connectivity index (χ3n) is 7.38. The van der Waals surface area contributed by atoms with Crippen molar-refractivity contribution in [3.63, 3.8) is 0 Å². The average molecular weight is 473 g/mol. The molecule has 1 saturated heterocycles. The van der Waals surface area contributed by atoms with Crippen molar-refractivity contribution >= 4 is 18.7 Å². The van der Waals surface area contributed by atoms with Crippen molar-refractivity contribution in [1.82, 2.24) is 4.90 Å². The van der Waals surface area contributed by atoms with Gasteiger partial charge in [-0.3, -0.25) is 0 Å². The molecule has 3 rings (SSSR count). The van der Waals surface area contributed by atoms with Crippen LogP contribution in [0.15, 0.2) is 24.3 Å². The SMILES string of the molecule is CC1(C)CCC(N(CCOc2ccc(B3OC(C)(C)C(C)(C)O3)cc2)C(=O)OC(C)(C)C)CC1. The van der Waals surface area contributed by atoms with Crippen LogP contribution in [-0.4, -0.2) is 54.1 Å². The molecule has 0 bridgehead atoms. The van der Waals surface area contributed by atoms with E-state index >= 15 is 0 Å². The minimum absolute atomic E-state index is 0.192. The van der Waals surface area contributed by atoms with Crippen LogP contribution in [0.2, 0.25) is 0 Å². The zero-order valence-corrected chi connectivity index (χ0v) is 22.7. The van der Waals surface area contributed by atoms with E-state index in [2.05, 4.69) is 13.8 Å². The summed E-state index contributed by atoms with van der Waals surface area (Å²) in [7, 11) is -0.391. The van der Waals surface area contributed by atoms with E-state index in [0.29, 0.717) is 18.6 Å². The minimum Gasteiger partial charge on any atom is -0.492 e. The number of ether oxygens (including phenoxy) is 2. The highest BCUT2D eigenvalue weighted by Crippen LogP contribution is 2.38. The maximum Gasteiger partial charge on any atom is 0.494 e. The minimum atomic E-state index is -0.520. The number of carbonyl (C=O) groups excluding carboxylic acids is 1. The zero-order valence-electron chi connectivity index (χ0n) is 22.7. The van der Waals surface area contributed by atoms with Gasteiger partial charge in [-0.25, -0.2) is 4.79 Å². The molecule has 0 atom stereocenters. The van der Waals surface area contributed by atoms with Gasteiger partial charge in [0, 0.05) is 6.04 Å². The molecule has 0 radical (unpaired) electrons. The van der Waals surface area contributed by atoms with E-state index in [4.69, 9.17) is 18.8 Å². The smallest absolute Gasteiger partial charge is 0.492 e. The molecule has 0 unspecified atom stereocenters. The summed E-state index contributed by atoms with van der Waals surface area (Å²) in [4.78, 5) is 14.9. The molecule has 6 nitrogen and oxygen atoms in total. The summed E-state index contributed by atoms with van der Waals surface area (Å²) in [6.45, 7) is 19.4. The molecule has 1 aromatic carbocycles. The summed E-state index contributed by atoms with van der Waals surface area (Å²) in [6, 6.07) is 8.01. The highest BCUT2D eigenvalue weighted by molar-refractivity contribution is 6.62. The number of nitrogens with zero attached hydrogens (tertiary/aromatic N) is 1. The second-order valence-electron chi connectivity index (χ2n) is 12.6. The summed E-state index contributed by atoms with van der Waals surface area (Å²) >= 11 is 0. The Morgan fingerprint density at radius 3 is 2.03 bits per heavy atom. The normalized spacial score (nSPS) is 21.9. The number of benzene rings is 1. The number of carbonyl (C=O) groups is 1. The lowest BCUT2D eigenvalue weighted by molar-refractivity contribution is 0.00424. The van der Waals surface area contributed by atoms with Gasteiger partial charge in [0.2, 0.25) is 0 Å². The molecule has 1 saturated carbocycles. The van der Waals surface area contributed by atoms with Gasteiger partial charge < -0.3 is 23.7 Å². The van der Waals surface area contributed by atoms with Crippen LogP contribution in [-0.2, 0) is 14.0 Å². The van der Waals surface area contributed by atoms with Crippen LogP contribution in [0.3, 0.4) is 0 Å². The topological polar surface area (TPSA) is 57.2 Å². The molecule has 190 valence electrons. The molecule has 7 heteroatoms. The Balaban J connectivity index is 1.58. The first-order valence-corrected chi connectivity index (χ1v) is 12.7. The Labute approximate surface area is 206 Å². The summed E-state index contributed by atoms with van der Waals surface area (Å²) in [5, 5.41) is 0. The van der Waals surface area contributed by atoms with Crippen LogP contribution in [0.4, 0.5) is 4.79 Å². The third-order valence-corrected chi connectivity index (χ3v) is 7.38. The van der Waals surface area contributed by atoms with E-state index in [9.17, 15) is 4.79 Å². The fraction of sp³-hybridized carbons (Fsp3) is 0.741. The zero-order chi connectivity index (χ0) is 25.4. The van der Waals surface area contributed by atoms with Gasteiger partial charge in [0.15, 0.2) is 0 Å². The van der Waals surface area contributed by atoms with Crippen molar-refractivity contribution in [1.29, 1.82) is 0 Å². The van der Waals surface area contributed by atoms with Gasteiger partial charge in [-0.2, -0.15) is 0 Å². The second-order valence-corrected chi connectivity index (χ2v) is 12.6. The largest absolute Gasteiger partial charge is 0.494 e. The van der Waals surface area contributed by atoms with E-state index in [1.54, 1.807) is 0 Å². The highest BCUT2D eigenvalue weighted by atomic mass is 16.7. The molecule has 1 aliphatic heterocycles. The van der Waals surface area contributed by atoms with E-state index in [1.165, 1.54) is 0 Å². The van der Waals surface area contributed by atoms with E-state index in [-0.39, 0.29) is 23.3 Å². The van der Waals surface area contributed by atoms with Gasteiger partial charge in [0.25, 0.3) is 0 Å². The van der Waals surface area contributed by atoms with Crippen LogP contribution in [0.1, 0.15) is 88.0 Å². The maximum atomic E-state index is 13.0. The van der Waals surface area contributed by atoms with Crippen molar-refractivity contribution in [3.8, 4) is 5.75 Å². The van der Waals surface area contributed by atoms with E-state index < -0.39 is 12.7 Å². The van der Waals surface area contributed by atoms with Crippen LogP contribution < -0.4 is 10.2 Å². The fourth-order valence-corrected chi connectivity index (χ4v) is 4.40. The van der Waals surface area contributed by atoms with Gasteiger partial charge in [0.05, 0.1) is 17.7 Å². The van der Waals surface area contributed by atoms with E-state index in [1.807, 2.05) is 77.6 Å². The first-order chi connectivity index (χ1) is 15.6. The molecular weight excluding hydrogens is 429 g/mol. The predicted molar refractivity (Wildman–Crippen MR) is 137 cm³/mol. The molecule has 0 N–H and O–H groups in total. The van der Waals surface area contributed by atoms with Crippen molar-refractivity contribution in [2.45, 2.75) is 111 Å².